The molecule has 86 valence electrons. The first-order valence-corrected chi connectivity index (χ1v) is 5.13. The molecule has 1 aliphatic heterocycles. The highest BCUT2D eigenvalue weighted by atomic mass is 16.4. The van der Waals surface area contributed by atoms with Crippen LogP contribution in [0.1, 0.15) is 20.3 Å². The number of piperazine rings is 1. The smallest absolute Gasteiger partial charge is 0.305 e. The van der Waals surface area contributed by atoms with Crippen molar-refractivity contribution < 1.29 is 14.7 Å². The Bertz CT molecular complexity index is 265. The number of carboxylic acid groups (broad SMARTS) is 1. The first-order valence-electron chi connectivity index (χ1n) is 5.13. The number of carbonyl (C=O) groups is 2. The maximum Gasteiger partial charge on any atom is 0.305 e. The zero-order valence-corrected chi connectivity index (χ0v) is 9.43. The third kappa shape index (κ3) is 2.92. The third-order valence-electron chi connectivity index (χ3n) is 2.77. The van der Waals surface area contributed by atoms with Gasteiger partial charge in [0.05, 0.1) is 13.0 Å². The molecule has 1 fully saturated rings. The molecule has 1 atom stereocenters. The molecule has 1 unspecified atom stereocenters. The van der Waals surface area contributed by atoms with Crippen LogP contribution in [-0.4, -0.2) is 59.0 Å². The number of hydrogen-bond donors (Lipinski definition) is 1. The number of likely N-dealkylation sites (N-methyl/N-ethyl adjacent to an activating group) is 1. The molecule has 15 heavy (non-hydrogen) atoms. The van der Waals surface area contributed by atoms with Crippen molar-refractivity contribution in [2.45, 2.75) is 32.4 Å². The van der Waals surface area contributed by atoms with E-state index in [4.69, 9.17) is 5.11 Å². The summed E-state index contributed by atoms with van der Waals surface area (Å²) in [5, 5.41) is 8.79. The van der Waals surface area contributed by atoms with E-state index in [1.165, 1.54) is 0 Å². The number of nitrogens with zero attached hydrogens (tertiary/aromatic N) is 2. The summed E-state index contributed by atoms with van der Waals surface area (Å²) in [5.74, 6) is -0.751. The molecule has 0 bridgehead atoms. The van der Waals surface area contributed by atoms with Crippen molar-refractivity contribution in [2.24, 2.45) is 0 Å². The number of aliphatic carboxylic acids is 1. The van der Waals surface area contributed by atoms with Crippen molar-refractivity contribution in [2.75, 3.05) is 20.1 Å². The van der Waals surface area contributed by atoms with E-state index in [1.807, 2.05) is 18.7 Å². The maximum absolute atomic E-state index is 11.5. The van der Waals surface area contributed by atoms with Crippen LogP contribution in [0.5, 0.6) is 0 Å². The lowest BCUT2D eigenvalue weighted by molar-refractivity contribution is -0.145. The first-order chi connectivity index (χ1) is 6.91. The summed E-state index contributed by atoms with van der Waals surface area (Å²) in [5.41, 5.74) is 0. The molecule has 1 rings (SSSR count). The van der Waals surface area contributed by atoms with E-state index in [0.717, 1.165) is 0 Å². The molecule has 0 spiro atoms. The lowest BCUT2D eigenvalue weighted by Crippen LogP contribution is -2.57. The highest BCUT2D eigenvalue weighted by Crippen LogP contribution is 2.15. The van der Waals surface area contributed by atoms with E-state index >= 15 is 0 Å². The largest absolute Gasteiger partial charge is 0.481 e. The molecular weight excluding hydrogens is 196 g/mol. The summed E-state index contributed by atoms with van der Waals surface area (Å²) in [4.78, 5) is 25.7. The van der Waals surface area contributed by atoms with Gasteiger partial charge < -0.3 is 10.0 Å². The van der Waals surface area contributed by atoms with Gasteiger partial charge >= 0.3 is 5.97 Å². The van der Waals surface area contributed by atoms with Gasteiger partial charge in [0.1, 0.15) is 0 Å². The summed E-state index contributed by atoms with van der Waals surface area (Å²) in [7, 11) is 1.72. The van der Waals surface area contributed by atoms with E-state index in [2.05, 4.69) is 0 Å². The zero-order chi connectivity index (χ0) is 11.6. The molecule has 5 nitrogen and oxygen atoms in total. The van der Waals surface area contributed by atoms with Gasteiger partial charge in [-0.15, -0.1) is 0 Å². The Morgan fingerprint density at radius 3 is 2.67 bits per heavy atom. The fourth-order valence-electron chi connectivity index (χ4n) is 1.92. The SMILES string of the molecule is CC(C)N1CC(=O)N(C)CC1CC(=O)O. The van der Waals surface area contributed by atoms with Crippen molar-refractivity contribution in [3.05, 3.63) is 0 Å². The number of rotatable bonds is 3. The van der Waals surface area contributed by atoms with Crippen LogP contribution in [0, 0.1) is 0 Å². The minimum absolute atomic E-state index is 0.0605. The number of amides is 1. The van der Waals surface area contributed by atoms with Gasteiger partial charge in [0.25, 0.3) is 0 Å². The average molecular weight is 214 g/mol. The molecule has 5 heteroatoms. The van der Waals surface area contributed by atoms with Gasteiger partial charge in [-0.2, -0.15) is 0 Å². The number of carbonyl (C=O) groups excluding carboxylic acids is 1. The molecule has 0 aromatic heterocycles. The van der Waals surface area contributed by atoms with Crippen molar-refractivity contribution in [1.82, 2.24) is 9.80 Å². The molecule has 0 aliphatic carbocycles. The lowest BCUT2D eigenvalue weighted by Gasteiger charge is -2.41. The fourth-order valence-corrected chi connectivity index (χ4v) is 1.92. The summed E-state index contributed by atoms with van der Waals surface area (Å²) in [6.45, 7) is 4.79. The molecular formula is C10H18N2O3. The quantitative estimate of drug-likeness (QED) is 0.719. The predicted molar refractivity (Wildman–Crippen MR) is 55.5 cm³/mol. The predicted octanol–water partition coefficient (Wildman–Crippen LogP) is 0.0121. The molecule has 1 N–H and O–H groups in total. The molecule has 0 radical (unpaired) electrons. The summed E-state index contributed by atoms with van der Waals surface area (Å²) >= 11 is 0. The molecule has 1 aliphatic rings. The highest BCUT2D eigenvalue weighted by molar-refractivity contribution is 5.79. The van der Waals surface area contributed by atoms with Gasteiger partial charge in [-0.05, 0) is 13.8 Å². The van der Waals surface area contributed by atoms with Crippen LogP contribution < -0.4 is 0 Å². The van der Waals surface area contributed by atoms with Gasteiger partial charge in [0, 0.05) is 25.7 Å². The summed E-state index contributed by atoms with van der Waals surface area (Å²) in [6.07, 6.45) is 0.0931. The van der Waals surface area contributed by atoms with Gasteiger partial charge in [0.15, 0.2) is 0 Å². The fraction of sp³-hybridized carbons (Fsp3) is 0.800. The monoisotopic (exact) mass is 214 g/mol. The van der Waals surface area contributed by atoms with Gasteiger partial charge in [-0.3, -0.25) is 14.5 Å². The maximum atomic E-state index is 11.5. The van der Waals surface area contributed by atoms with E-state index in [1.54, 1.807) is 11.9 Å². The second-order valence-electron chi connectivity index (χ2n) is 4.29. The Kier molecular flexibility index (Phi) is 3.68. The second kappa shape index (κ2) is 4.61. The van der Waals surface area contributed by atoms with E-state index in [9.17, 15) is 9.59 Å². The van der Waals surface area contributed by atoms with Crippen LogP contribution >= 0.6 is 0 Å². The van der Waals surface area contributed by atoms with Crippen LogP contribution in [-0.2, 0) is 9.59 Å². The van der Waals surface area contributed by atoms with E-state index in [0.29, 0.717) is 13.1 Å². The van der Waals surface area contributed by atoms with Crippen LogP contribution in [0.3, 0.4) is 0 Å². The standard InChI is InChI=1S/C10H18N2O3/c1-7(2)12-6-9(13)11(3)5-8(12)4-10(14)15/h7-8H,4-6H2,1-3H3,(H,14,15). The van der Waals surface area contributed by atoms with Crippen molar-refractivity contribution in [3.63, 3.8) is 0 Å². The molecule has 0 saturated carbocycles. The Morgan fingerprint density at radius 2 is 2.20 bits per heavy atom. The Hall–Kier alpha value is -1.10. The number of hydrogen-bond acceptors (Lipinski definition) is 3. The van der Waals surface area contributed by atoms with Gasteiger partial charge in [-0.25, -0.2) is 0 Å². The van der Waals surface area contributed by atoms with Crippen molar-refractivity contribution in [1.29, 1.82) is 0 Å². The van der Waals surface area contributed by atoms with Crippen LogP contribution in [0.15, 0.2) is 0 Å². The highest BCUT2D eigenvalue weighted by Gasteiger charge is 2.32. The lowest BCUT2D eigenvalue weighted by atomic mass is 10.1. The van der Waals surface area contributed by atoms with Crippen LogP contribution in [0.25, 0.3) is 0 Å². The molecule has 0 aromatic rings. The Balaban J connectivity index is 2.72. The van der Waals surface area contributed by atoms with Crippen molar-refractivity contribution >= 4 is 11.9 Å². The van der Waals surface area contributed by atoms with E-state index in [-0.39, 0.29) is 24.4 Å². The summed E-state index contributed by atoms with van der Waals surface area (Å²) < 4.78 is 0. The Labute approximate surface area is 89.7 Å². The minimum Gasteiger partial charge on any atom is -0.481 e. The minimum atomic E-state index is -0.812. The van der Waals surface area contributed by atoms with Crippen LogP contribution in [0.4, 0.5) is 0 Å². The van der Waals surface area contributed by atoms with Crippen molar-refractivity contribution in [3.8, 4) is 0 Å². The number of carboxylic acids is 1. The van der Waals surface area contributed by atoms with E-state index < -0.39 is 5.97 Å². The topological polar surface area (TPSA) is 60.9 Å². The summed E-state index contributed by atoms with van der Waals surface area (Å²) in [6, 6.07) is 0.136. The van der Waals surface area contributed by atoms with Gasteiger partial charge in [0.2, 0.25) is 5.91 Å². The average Bonchev–Trinajstić information content (AvgIpc) is 2.09. The van der Waals surface area contributed by atoms with Crippen LogP contribution in [0.2, 0.25) is 0 Å². The zero-order valence-electron chi connectivity index (χ0n) is 9.43. The first kappa shape index (κ1) is 12.0. The molecule has 1 amide bonds. The van der Waals surface area contributed by atoms with Gasteiger partial charge in [-0.1, -0.05) is 0 Å². The molecule has 1 saturated heterocycles. The normalized spacial score (nSPS) is 23.6. The molecule has 0 aromatic carbocycles. The third-order valence-corrected chi connectivity index (χ3v) is 2.77. The molecule has 1 heterocycles. The Morgan fingerprint density at radius 1 is 1.60 bits per heavy atom. The second-order valence-corrected chi connectivity index (χ2v) is 4.29.